The summed E-state index contributed by atoms with van der Waals surface area (Å²) < 4.78 is 11.1. The summed E-state index contributed by atoms with van der Waals surface area (Å²) in [6, 6.07) is 7.33. The fraction of sp³-hybridized carbons (Fsp3) is 0.381. The average molecular weight is 421 g/mol. The number of piperidine rings is 1. The molecule has 0 radical (unpaired) electrons. The topological polar surface area (TPSA) is 124 Å². The number of rotatable bonds is 6. The molecule has 3 aromatic rings. The van der Waals surface area contributed by atoms with E-state index >= 15 is 0 Å². The molecule has 31 heavy (non-hydrogen) atoms. The van der Waals surface area contributed by atoms with Gasteiger partial charge in [-0.15, -0.1) is 0 Å². The molecule has 0 aromatic carbocycles. The van der Waals surface area contributed by atoms with Gasteiger partial charge in [-0.1, -0.05) is 0 Å². The van der Waals surface area contributed by atoms with Crippen molar-refractivity contribution in [1.29, 1.82) is 5.26 Å². The normalized spacial score (nSPS) is 14.3. The van der Waals surface area contributed by atoms with Gasteiger partial charge in [-0.2, -0.15) is 10.2 Å². The van der Waals surface area contributed by atoms with E-state index in [1.807, 2.05) is 23.9 Å². The highest BCUT2D eigenvalue weighted by Crippen LogP contribution is 2.31. The van der Waals surface area contributed by atoms with Gasteiger partial charge < -0.3 is 24.0 Å². The molecule has 4 heterocycles. The number of carbonyl (C=O) groups excluding carboxylic acids is 1. The molecule has 1 N–H and O–H groups in total. The van der Waals surface area contributed by atoms with Crippen LogP contribution in [0.2, 0.25) is 0 Å². The first-order valence-corrected chi connectivity index (χ1v) is 10.0. The second-order valence-electron chi connectivity index (χ2n) is 7.48. The van der Waals surface area contributed by atoms with E-state index in [2.05, 4.69) is 26.3 Å². The van der Waals surface area contributed by atoms with Gasteiger partial charge in [0.05, 0.1) is 18.5 Å². The van der Waals surface area contributed by atoms with Gasteiger partial charge >= 0.3 is 0 Å². The Morgan fingerprint density at radius 2 is 2.13 bits per heavy atom. The fourth-order valence-corrected chi connectivity index (χ4v) is 3.47. The first kappa shape index (κ1) is 20.4. The first-order chi connectivity index (χ1) is 15.0. The Morgan fingerprint density at radius 1 is 1.32 bits per heavy atom. The quantitative estimate of drug-likeness (QED) is 0.637. The SMILES string of the molecule is CN(C)c1nccc(CNC(=O)C2CCN(c3oc(-c4ccco4)nc3C#N)CC2)n1. The highest BCUT2D eigenvalue weighted by Gasteiger charge is 2.29. The molecule has 4 rings (SSSR count). The summed E-state index contributed by atoms with van der Waals surface area (Å²) in [5.41, 5.74) is 0.977. The van der Waals surface area contributed by atoms with Crippen LogP contribution < -0.4 is 15.1 Å². The zero-order valence-electron chi connectivity index (χ0n) is 17.4. The Bertz CT molecular complexity index is 1080. The molecule has 1 aliphatic heterocycles. The molecule has 1 saturated heterocycles. The molecule has 1 fully saturated rings. The summed E-state index contributed by atoms with van der Waals surface area (Å²) in [4.78, 5) is 29.2. The lowest BCUT2D eigenvalue weighted by molar-refractivity contribution is -0.125. The van der Waals surface area contributed by atoms with Crippen molar-refractivity contribution in [2.24, 2.45) is 5.92 Å². The van der Waals surface area contributed by atoms with Gasteiger partial charge in [-0.25, -0.2) is 9.97 Å². The van der Waals surface area contributed by atoms with Crippen molar-refractivity contribution < 1.29 is 13.6 Å². The van der Waals surface area contributed by atoms with E-state index < -0.39 is 0 Å². The molecular formula is C21H23N7O3. The third-order valence-corrected chi connectivity index (χ3v) is 5.14. The van der Waals surface area contributed by atoms with Crippen molar-refractivity contribution in [3.8, 4) is 17.7 Å². The number of amides is 1. The summed E-state index contributed by atoms with van der Waals surface area (Å²) in [5, 5.41) is 12.4. The monoisotopic (exact) mass is 421 g/mol. The summed E-state index contributed by atoms with van der Waals surface area (Å²) in [5.74, 6) is 1.67. The van der Waals surface area contributed by atoms with Gasteiger partial charge in [0.2, 0.25) is 23.4 Å². The maximum Gasteiger partial charge on any atom is 0.266 e. The Morgan fingerprint density at radius 3 is 2.81 bits per heavy atom. The van der Waals surface area contributed by atoms with Crippen molar-refractivity contribution >= 4 is 17.7 Å². The van der Waals surface area contributed by atoms with E-state index in [4.69, 9.17) is 8.83 Å². The third kappa shape index (κ3) is 4.50. The van der Waals surface area contributed by atoms with Crippen molar-refractivity contribution in [3.63, 3.8) is 0 Å². The van der Waals surface area contributed by atoms with Gasteiger partial charge in [0, 0.05) is 39.3 Å². The maximum absolute atomic E-state index is 12.6. The lowest BCUT2D eigenvalue weighted by Crippen LogP contribution is -2.40. The molecule has 1 aliphatic rings. The Hall–Kier alpha value is -3.87. The lowest BCUT2D eigenvalue weighted by Gasteiger charge is -2.30. The lowest BCUT2D eigenvalue weighted by atomic mass is 9.96. The standard InChI is InChI=1S/C21H23N7O3/c1-27(2)21-23-8-5-15(25-21)13-24-18(29)14-6-9-28(10-7-14)20-16(12-22)26-19(31-20)17-4-3-11-30-17/h3-5,8,11,14H,6-7,9-10,13H2,1-2H3,(H,24,29). The molecule has 3 aromatic heterocycles. The van der Waals surface area contributed by atoms with E-state index in [9.17, 15) is 10.1 Å². The fourth-order valence-electron chi connectivity index (χ4n) is 3.47. The molecule has 0 aliphatic carbocycles. The molecule has 0 bridgehead atoms. The van der Waals surface area contributed by atoms with E-state index in [0.29, 0.717) is 50.1 Å². The van der Waals surface area contributed by atoms with E-state index in [1.54, 1.807) is 24.4 Å². The molecule has 1 amide bonds. The predicted octanol–water partition coefficient (Wildman–Crippen LogP) is 2.20. The van der Waals surface area contributed by atoms with Crippen LogP contribution in [0.5, 0.6) is 0 Å². The van der Waals surface area contributed by atoms with E-state index in [1.165, 1.54) is 6.26 Å². The number of oxazole rings is 1. The van der Waals surface area contributed by atoms with Gasteiger partial charge in [0.25, 0.3) is 5.89 Å². The van der Waals surface area contributed by atoms with Crippen LogP contribution in [0.15, 0.2) is 39.5 Å². The number of nitriles is 1. The molecule has 0 atom stereocenters. The smallest absolute Gasteiger partial charge is 0.266 e. The van der Waals surface area contributed by atoms with Crippen LogP contribution in [0.25, 0.3) is 11.7 Å². The number of anilines is 2. The average Bonchev–Trinajstić information content (AvgIpc) is 3.47. The number of aromatic nitrogens is 3. The summed E-state index contributed by atoms with van der Waals surface area (Å²) in [6.45, 7) is 1.55. The maximum atomic E-state index is 12.6. The summed E-state index contributed by atoms with van der Waals surface area (Å²) in [6.07, 6.45) is 4.52. The Labute approximate surface area is 179 Å². The van der Waals surface area contributed by atoms with Gasteiger partial charge in [-0.3, -0.25) is 4.79 Å². The van der Waals surface area contributed by atoms with Gasteiger partial charge in [0.1, 0.15) is 6.07 Å². The molecular weight excluding hydrogens is 398 g/mol. The summed E-state index contributed by atoms with van der Waals surface area (Å²) in [7, 11) is 3.74. The minimum atomic E-state index is -0.107. The van der Waals surface area contributed by atoms with Crippen LogP contribution in [0.1, 0.15) is 24.2 Å². The molecule has 0 unspecified atom stereocenters. The zero-order chi connectivity index (χ0) is 21.8. The molecule has 0 saturated carbocycles. The molecule has 10 nitrogen and oxygen atoms in total. The zero-order valence-corrected chi connectivity index (χ0v) is 17.4. The number of nitrogens with zero attached hydrogens (tertiary/aromatic N) is 6. The van der Waals surface area contributed by atoms with Crippen LogP contribution in [-0.4, -0.2) is 48.0 Å². The second kappa shape index (κ2) is 8.87. The number of furan rings is 1. The van der Waals surface area contributed by atoms with Gasteiger partial charge in [-0.05, 0) is 31.0 Å². The molecule has 0 spiro atoms. The van der Waals surface area contributed by atoms with Crippen molar-refractivity contribution in [2.75, 3.05) is 37.0 Å². The summed E-state index contributed by atoms with van der Waals surface area (Å²) >= 11 is 0. The first-order valence-electron chi connectivity index (χ1n) is 10.0. The van der Waals surface area contributed by atoms with Crippen LogP contribution in [0, 0.1) is 17.2 Å². The molecule has 10 heteroatoms. The Balaban J connectivity index is 1.34. The minimum absolute atomic E-state index is 0.000911. The third-order valence-electron chi connectivity index (χ3n) is 5.14. The number of hydrogen-bond acceptors (Lipinski definition) is 9. The largest absolute Gasteiger partial charge is 0.459 e. The van der Waals surface area contributed by atoms with Crippen molar-refractivity contribution in [1.82, 2.24) is 20.3 Å². The predicted molar refractivity (Wildman–Crippen MR) is 112 cm³/mol. The van der Waals surface area contributed by atoms with Crippen LogP contribution in [-0.2, 0) is 11.3 Å². The number of nitrogens with one attached hydrogen (secondary N) is 1. The van der Waals surface area contributed by atoms with Crippen molar-refractivity contribution in [2.45, 2.75) is 19.4 Å². The van der Waals surface area contributed by atoms with Crippen molar-refractivity contribution in [3.05, 3.63) is 42.0 Å². The molecule has 160 valence electrons. The second-order valence-corrected chi connectivity index (χ2v) is 7.48. The van der Waals surface area contributed by atoms with Crippen LogP contribution in [0.4, 0.5) is 11.8 Å². The number of carbonyl (C=O) groups is 1. The number of hydrogen-bond donors (Lipinski definition) is 1. The van der Waals surface area contributed by atoms with Crippen LogP contribution >= 0.6 is 0 Å². The van der Waals surface area contributed by atoms with E-state index in [0.717, 1.165) is 5.69 Å². The minimum Gasteiger partial charge on any atom is -0.459 e. The Kier molecular flexibility index (Phi) is 5.84. The highest BCUT2D eigenvalue weighted by molar-refractivity contribution is 5.79. The van der Waals surface area contributed by atoms with Crippen LogP contribution in [0.3, 0.4) is 0 Å². The van der Waals surface area contributed by atoms with E-state index in [-0.39, 0.29) is 23.4 Å². The highest BCUT2D eigenvalue weighted by atomic mass is 16.4. The van der Waals surface area contributed by atoms with Gasteiger partial charge in [0.15, 0.2) is 5.76 Å².